The van der Waals surface area contributed by atoms with Crippen LogP contribution in [0, 0.1) is 0 Å². The highest BCUT2D eigenvalue weighted by atomic mass is 79.9. The fraction of sp³-hybridized carbons (Fsp3) is 0.188. The first-order valence-corrected chi connectivity index (χ1v) is 7.41. The molecule has 2 amide bonds. The third kappa shape index (κ3) is 3.98. The Kier molecular flexibility index (Phi) is 5.22. The van der Waals surface area contributed by atoms with E-state index in [1.54, 1.807) is 12.0 Å². The minimum atomic E-state index is -0.162. The van der Waals surface area contributed by atoms with E-state index < -0.39 is 0 Å². The second-order valence-electron chi connectivity index (χ2n) is 4.38. The summed E-state index contributed by atoms with van der Waals surface area (Å²) in [6, 6.07) is 14.7. The molecule has 0 aliphatic carbocycles. The van der Waals surface area contributed by atoms with Crippen molar-refractivity contribution in [2.45, 2.75) is 6.92 Å². The molecule has 1 N–H and O–H groups in total. The zero-order valence-electron chi connectivity index (χ0n) is 12.0. The first kappa shape index (κ1) is 15.4. The molecule has 0 atom stereocenters. The molecule has 0 saturated heterocycles. The Bertz CT molecular complexity index is 597. The topological polar surface area (TPSA) is 41.6 Å². The van der Waals surface area contributed by atoms with Crippen molar-refractivity contribution in [1.29, 1.82) is 0 Å². The fourth-order valence-electron chi connectivity index (χ4n) is 1.93. The molecule has 110 valence electrons. The average Bonchev–Trinajstić information content (AvgIpc) is 2.50. The molecule has 21 heavy (non-hydrogen) atoms. The van der Waals surface area contributed by atoms with Crippen molar-refractivity contribution >= 4 is 33.3 Å². The van der Waals surface area contributed by atoms with E-state index in [9.17, 15) is 4.79 Å². The van der Waals surface area contributed by atoms with E-state index >= 15 is 0 Å². The van der Waals surface area contributed by atoms with E-state index in [1.165, 1.54) is 0 Å². The summed E-state index contributed by atoms with van der Waals surface area (Å²) in [5.74, 6) is 0.758. The van der Waals surface area contributed by atoms with Gasteiger partial charge >= 0.3 is 6.03 Å². The number of carbonyl (C=O) groups excluding carboxylic acids is 1. The normalized spacial score (nSPS) is 10.0. The van der Waals surface area contributed by atoms with E-state index in [-0.39, 0.29) is 6.03 Å². The number of anilines is 2. The Morgan fingerprint density at radius 2 is 1.76 bits per heavy atom. The lowest BCUT2D eigenvalue weighted by atomic mass is 10.3. The quantitative estimate of drug-likeness (QED) is 0.882. The number of hydrogen-bond donors (Lipinski definition) is 1. The Hall–Kier alpha value is -2.01. The molecule has 2 aromatic rings. The summed E-state index contributed by atoms with van der Waals surface area (Å²) >= 11 is 3.39. The zero-order valence-corrected chi connectivity index (χ0v) is 13.6. The molecule has 4 nitrogen and oxygen atoms in total. The van der Waals surface area contributed by atoms with Crippen LogP contribution in [0.3, 0.4) is 0 Å². The van der Waals surface area contributed by atoms with Crippen LogP contribution in [-0.4, -0.2) is 19.7 Å². The smallest absolute Gasteiger partial charge is 0.326 e. The van der Waals surface area contributed by atoms with Crippen LogP contribution in [0.4, 0.5) is 16.2 Å². The molecule has 0 aliphatic heterocycles. The number of ether oxygens (including phenoxy) is 1. The number of nitrogens with zero attached hydrogens (tertiary/aromatic N) is 1. The van der Waals surface area contributed by atoms with Gasteiger partial charge in [0.2, 0.25) is 0 Å². The summed E-state index contributed by atoms with van der Waals surface area (Å²) in [7, 11) is 1.61. The molecule has 2 rings (SSSR count). The van der Waals surface area contributed by atoms with Crippen molar-refractivity contribution in [3.05, 3.63) is 53.0 Å². The second kappa shape index (κ2) is 7.13. The summed E-state index contributed by atoms with van der Waals surface area (Å²) in [6.07, 6.45) is 0. The molecular weight excluding hydrogens is 332 g/mol. The van der Waals surface area contributed by atoms with E-state index in [1.807, 2.05) is 55.5 Å². The predicted molar refractivity (Wildman–Crippen MR) is 89.2 cm³/mol. The van der Waals surface area contributed by atoms with Gasteiger partial charge in [0, 0.05) is 22.4 Å². The van der Waals surface area contributed by atoms with Gasteiger partial charge in [-0.05, 0) is 55.5 Å². The maximum atomic E-state index is 12.4. The largest absolute Gasteiger partial charge is 0.497 e. The lowest BCUT2D eigenvalue weighted by Crippen LogP contribution is -2.34. The van der Waals surface area contributed by atoms with Crippen LogP contribution in [0.15, 0.2) is 53.0 Å². The van der Waals surface area contributed by atoms with Crippen LogP contribution in [0.5, 0.6) is 5.75 Å². The number of methoxy groups -OCH3 is 1. The van der Waals surface area contributed by atoms with Gasteiger partial charge in [-0.15, -0.1) is 0 Å². The second-order valence-corrected chi connectivity index (χ2v) is 5.30. The number of nitrogens with one attached hydrogen (secondary N) is 1. The highest BCUT2D eigenvalue weighted by molar-refractivity contribution is 9.10. The first-order valence-electron chi connectivity index (χ1n) is 6.62. The van der Waals surface area contributed by atoms with E-state index in [2.05, 4.69) is 21.2 Å². The summed E-state index contributed by atoms with van der Waals surface area (Å²) in [4.78, 5) is 14.0. The van der Waals surface area contributed by atoms with E-state index in [0.29, 0.717) is 6.54 Å². The maximum Gasteiger partial charge on any atom is 0.326 e. The summed E-state index contributed by atoms with van der Waals surface area (Å²) in [5.41, 5.74) is 1.59. The van der Waals surface area contributed by atoms with Crippen LogP contribution >= 0.6 is 15.9 Å². The summed E-state index contributed by atoms with van der Waals surface area (Å²) in [6.45, 7) is 2.53. The van der Waals surface area contributed by atoms with Gasteiger partial charge in [-0.1, -0.05) is 15.9 Å². The van der Waals surface area contributed by atoms with Crippen molar-refractivity contribution < 1.29 is 9.53 Å². The lowest BCUT2D eigenvalue weighted by Gasteiger charge is -2.21. The van der Waals surface area contributed by atoms with Crippen molar-refractivity contribution in [2.24, 2.45) is 0 Å². The van der Waals surface area contributed by atoms with E-state index in [4.69, 9.17) is 4.74 Å². The number of carbonyl (C=O) groups is 1. The minimum Gasteiger partial charge on any atom is -0.497 e. The van der Waals surface area contributed by atoms with Crippen LogP contribution in [-0.2, 0) is 0 Å². The van der Waals surface area contributed by atoms with Gasteiger partial charge in [-0.2, -0.15) is 0 Å². The maximum absolute atomic E-state index is 12.4. The van der Waals surface area contributed by atoms with Gasteiger partial charge in [0.05, 0.1) is 7.11 Å². The third-order valence-electron chi connectivity index (χ3n) is 3.04. The van der Waals surface area contributed by atoms with Gasteiger partial charge in [0.1, 0.15) is 5.75 Å². The number of halogens is 1. The van der Waals surface area contributed by atoms with Gasteiger partial charge in [-0.25, -0.2) is 4.79 Å². The van der Waals surface area contributed by atoms with Crippen molar-refractivity contribution in [2.75, 3.05) is 23.9 Å². The van der Waals surface area contributed by atoms with Gasteiger partial charge in [0.25, 0.3) is 0 Å². The Morgan fingerprint density at radius 1 is 1.14 bits per heavy atom. The van der Waals surface area contributed by atoms with Crippen LogP contribution in [0.1, 0.15) is 6.92 Å². The average molecular weight is 349 g/mol. The number of hydrogen-bond acceptors (Lipinski definition) is 2. The van der Waals surface area contributed by atoms with Crippen LogP contribution in [0.25, 0.3) is 0 Å². The highest BCUT2D eigenvalue weighted by Crippen LogP contribution is 2.20. The van der Waals surface area contributed by atoms with Crippen LogP contribution in [0.2, 0.25) is 0 Å². The third-order valence-corrected chi connectivity index (χ3v) is 3.57. The molecule has 2 aromatic carbocycles. The SMILES string of the molecule is CCN(C(=O)Nc1ccc(OC)cc1)c1ccc(Br)cc1. The molecule has 0 spiro atoms. The Balaban J connectivity index is 2.10. The van der Waals surface area contributed by atoms with Gasteiger partial charge < -0.3 is 10.1 Å². The number of amides is 2. The number of urea groups is 1. The first-order chi connectivity index (χ1) is 10.1. The molecule has 0 heterocycles. The Morgan fingerprint density at radius 3 is 2.29 bits per heavy atom. The minimum absolute atomic E-state index is 0.162. The number of benzene rings is 2. The molecule has 0 aliphatic rings. The standard InChI is InChI=1S/C16H17BrN2O2/c1-3-19(14-8-4-12(17)5-9-14)16(20)18-13-6-10-15(21-2)11-7-13/h4-11H,3H2,1-2H3,(H,18,20). The molecule has 0 bridgehead atoms. The molecule has 0 aromatic heterocycles. The fourth-order valence-corrected chi connectivity index (χ4v) is 2.19. The molecule has 0 fully saturated rings. The van der Waals surface area contributed by atoms with E-state index in [0.717, 1.165) is 21.6 Å². The zero-order chi connectivity index (χ0) is 15.2. The molecule has 0 radical (unpaired) electrons. The molecule has 5 heteroatoms. The lowest BCUT2D eigenvalue weighted by molar-refractivity contribution is 0.257. The van der Waals surface area contributed by atoms with Gasteiger partial charge in [0.15, 0.2) is 0 Å². The molecular formula is C16H17BrN2O2. The van der Waals surface area contributed by atoms with Crippen molar-refractivity contribution in [3.8, 4) is 5.75 Å². The summed E-state index contributed by atoms with van der Waals surface area (Å²) < 4.78 is 6.08. The monoisotopic (exact) mass is 348 g/mol. The Labute approximate surface area is 132 Å². The van der Waals surface area contributed by atoms with Crippen LogP contribution < -0.4 is 15.0 Å². The van der Waals surface area contributed by atoms with Gasteiger partial charge in [-0.3, -0.25) is 4.90 Å². The number of rotatable bonds is 4. The molecule has 0 unspecified atom stereocenters. The predicted octanol–water partition coefficient (Wildman–Crippen LogP) is 4.52. The summed E-state index contributed by atoms with van der Waals surface area (Å²) in [5, 5.41) is 2.88. The van der Waals surface area contributed by atoms with Crippen molar-refractivity contribution in [1.82, 2.24) is 0 Å². The molecule has 0 saturated carbocycles. The van der Waals surface area contributed by atoms with Crippen molar-refractivity contribution in [3.63, 3.8) is 0 Å². The highest BCUT2D eigenvalue weighted by Gasteiger charge is 2.13.